The number of alkyl halides is 3. The van der Waals surface area contributed by atoms with Crippen molar-refractivity contribution in [1.82, 2.24) is 0 Å². The largest absolute Gasteiger partial charge is 0.460 e. The fourth-order valence-corrected chi connectivity index (χ4v) is 3.52. The number of benzene rings is 2. The molecule has 4 rings (SSSR count). The molecule has 0 spiro atoms. The van der Waals surface area contributed by atoms with Crippen LogP contribution in [0.15, 0.2) is 74.7 Å². The summed E-state index contributed by atoms with van der Waals surface area (Å²) in [6.45, 7) is 1.84. The lowest BCUT2D eigenvalue weighted by atomic mass is 10.0. The lowest BCUT2D eigenvalue weighted by Gasteiger charge is -2.24. The average Bonchev–Trinajstić information content (AvgIpc) is 3.28. The summed E-state index contributed by atoms with van der Waals surface area (Å²) in [5.41, 5.74) is 1.36. The summed E-state index contributed by atoms with van der Waals surface area (Å²) >= 11 is 3.41. The molecular formula is C21H16BrF3N2O. The van der Waals surface area contributed by atoms with E-state index in [2.05, 4.69) is 21.0 Å². The van der Waals surface area contributed by atoms with Gasteiger partial charge in [0.1, 0.15) is 17.2 Å². The predicted molar refractivity (Wildman–Crippen MR) is 105 cm³/mol. The van der Waals surface area contributed by atoms with Crippen LogP contribution in [0, 0.1) is 6.92 Å². The number of aryl methyl sites for hydroxylation is 1. The molecule has 0 saturated carbocycles. The molecule has 3 aromatic rings. The zero-order valence-corrected chi connectivity index (χ0v) is 16.5. The predicted octanol–water partition coefficient (Wildman–Crippen LogP) is 6.73. The molecule has 28 heavy (non-hydrogen) atoms. The van der Waals surface area contributed by atoms with Crippen molar-refractivity contribution in [2.24, 2.45) is 5.10 Å². The first kappa shape index (κ1) is 18.8. The van der Waals surface area contributed by atoms with Gasteiger partial charge in [-0.05, 0) is 55.0 Å². The van der Waals surface area contributed by atoms with Gasteiger partial charge in [0.15, 0.2) is 0 Å². The molecule has 0 aliphatic carbocycles. The van der Waals surface area contributed by atoms with Gasteiger partial charge in [-0.25, -0.2) is 0 Å². The van der Waals surface area contributed by atoms with E-state index in [4.69, 9.17) is 4.42 Å². The van der Waals surface area contributed by atoms with Gasteiger partial charge in [-0.2, -0.15) is 18.3 Å². The van der Waals surface area contributed by atoms with E-state index in [0.717, 1.165) is 27.9 Å². The summed E-state index contributed by atoms with van der Waals surface area (Å²) in [4.78, 5) is 0. The lowest BCUT2D eigenvalue weighted by Crippen LogP contribution is -2.19. The van der Waals surface area contributed by atoms with Crippen LogP contribution >= 0.6 is 15.9 Å². The van der Waals surface area contributed by atoms with Gasteiger partial charge < -0.3 is 4.42 Å². The van der Waals surface area contributed by atoms with Gasteiger partial charge in [-0.3, -0.25) is 5.01 Å². The molecule has 144 valence electrons. The Balaban J connectivity index is 1.77. The smallest absolute Gasteiger partial charge is 0.416 e. The number of hydrazone groups is 1. The molecule has 0 amide bonds. The van der Waals surface area contributed by atoms with E-state index in [1.807, 2.05) is 43.3 Å². The van der Waals surface area contributed by atoms with Crippen molar-refractivity contribution in [1.29, 1.82) is 0 Å². The van der Waals surface area contributed by atoms with E-state index in [9.17, 15) is 13.2 Å². The quantitative estimate of drug-likeness (QED) is 0.444. The van der Waals surface area contributed by atoms with Gasteiger partial charge in [0.05, 0.1) is 17.3 Å². The van der Waals surface area contributed by atoms with E-state index in [0.29, 0.717) is 23.6 Å². The van der Waals surface area contributed by atoms with Crippen molar-refractivity contribution < 1.29 is 17.6 Å². The maximum absolute atomic E-state index is 13.2. The fraction of sp³-hybridized carbons (Fsp3) is 0.190. The zero-order valence-electron chi connectivity index (χ0n) is 14.9. The summed E-state index contributed by atoms with van der Waals surface area (Å²) in [5, 5.41) is 6.27. The number of rotatable bonds is 3. The molecule has 2 heterocycles. The van der Waals surface area contributed by atoms with Crippen LogP contribution in [-0.2, 0) is 6.18 Å². The second-order valence-electron chi connectivity index (χ2n) is 6.62. The van der Waals surface area contributed by atoms with Gasteiger partial charge >= 0.3 is 6.18 Å². The molecule has 1 atom stereocenters. The average molecular weight is 449 g/mol. The van der Waals surface area contributed by atoms with Crippen LogP contribution in [0.3, 0.4) is 0 Å². The summed E-state index contributed by atoms with van der Waals surface area (Å²) in [5.74, 6) is 1.39. The molecule has 0 bridgehead atoms. The van der Waals surface area contributed by atoms with Crippen molar-refractivity contribution in [2.45, 2.75) is 25.6 Å². The SMILES string of the molecule is Cc1ccc(C2=NN(c3cccc(C(F)(F)F)c3)C(c3ccc(Br)cc3)C2)o1. The molecule has 3 nitrogen and oxygen atoms in total. The Morgan fingerprint density at radius 2 is 1.82 bits per heavy atom. The number of nitrogens with zero attached hydrogens (tertiary/aromatic N) is 2. The first-order chi connectivity index (χ1) is 13.3. The summed E-state index contributed by atoms with van der Waals surface area (Å²) < 4.78 is 46.2. The van der Waals surface area contributed by atoms with Gasteiger partial charge in [0, 0.05) is 10.9 Å². The van der Waals surface area contributed by atoms with E-state index in [1.165, 1.54) is 6.07 Å². The highest BCUT2D eigenvalue weighted by molar-refractivity contribution is 9.10. The van der Waals surface area contributed by atoms with Crippen LogP contribution in [0.2, 0.25) is 0 Å². The molecule has 1 aromatic heterocycles. The Labute approximate surface area is 168 Å². The first-order valence-corrected chi connectivity index (χ1v) is 9.47. The highest BCUT2D eigenvalue weighted by Crippen LogP contribution is 2.39. The minimum atomic E-state index is -4.41. The lowest BCUT2D eigenvalue weighted by molar-refractivity contribution is -0.137. The van der Waals surface area contributed by atoms with Crippen molar-refractivity contribution in [3.05, 3.63) is 87.8 Å². The van der Waals surface area contributed by atoms with E-state index in [-0.39, 0.29) is 6.04 Å². The molecule has 1 aliphatic rings. The summed E-state index contributed by atoms with van der Waals surface area (Å²) in [6.07, 6.45) is -3.88. The van der Waals surface area contributed by atoms with Crippen LogP contribution in [0.4, 0.5) is 18.9 Å². The Hall–Kier alpha value is -2.54. The highest BCUT2D eigenvalue weighted by Gasteiger charge is 2.34. The van der Waals surface area contributed by atoms with Crippen molar-refractivity contribution in [3.63, 3.8) is 0 Å². The zero-order chi connectivity index (χ0) is 19.9. The van der Waals surface area contributed by atoms with Crippen molar-refractivity contribution in [3.8, 4) is 0 Å². The highest BCUT2D eigenvalue weighted by atomic mass is 79.9. The van der Waals surface area contributed by atoms with Crippen LogP contribution < -0.4 is 5.01 Å². The molecule has 0 N–H and O–H groups in total. The maximum atomic E-state index is 13.2. The second-order valence-corrected chi connectivity index (χ2v) is 7.54. The third-order valence-electron chi connectivity index (χ3n) is 4.63. The standard InChI is InChI=1S/C21H16BrF3N2O/c1-13-5-10-20(28-13)18-12-19(14-6-8-16(22)9-7-14)27(26-18)17-4-2-3-15(11-17)21(23,24)25/h2-11,19H,12H2,1H3. The number of halogens is 4. The fourth-order valence-electron chi connectivity index (χ4n) is 3.26. The molecule has 0 fully saturated rings. The molecule has 0 radical (unpaired) electrons. The van der Waals surface area contributed by atoms with Crippen molar-refractivity contribution in [2.75, 3.05) is 5.01 Å². The number of hydrogen-bond acceptors (Lipinski definition) is 3. The van der Waals surface area contributed by atoms with Crippen LogP contribution in [0.1, 0.15) is 35.1 Å². The number of hydrogen-bond donors (Lipinski definition) is 0. The first-order valence-electron chi connectivity index (χ1n) is 8.67. The Morgan fingerprint density at radius 3 is 2.46 bits per heavy atom. The van der Waals surface area contributed by atoms with Gasteiger partial charge in [-0.1, -0.05) is 34.1 Å². The normalized spacial score (nSPS) is 17.1. The summed E-state index contributed by atoms with van der Waals surface area (Å²) in [7, 11) is 0. The monoisotopic (exact) mass is 448 g/mol. The van der Waals surface area contributed by atoms with Crippen LogP contribution in [-0.4, -0.2) is 5.71 Å². The van der Waals surface area contributed by atoms with E-state index >= 15 is 0 Å². The minimum absolute atomic E-state index is 0.225. The molecule has 1 unspecified atom stereocenters. The number of furan rings is 1. The van der Waals surface area contributed by atoms with Crippen molar-refractivity contribution >= 4 is 27.3 Å². The molecular weight excluding hydrogens is 433 g/mol. The van der Waals surface area contributed by atoms with Gasteiger partial charge in [-0.15, -0.1) is 0 Å². The van der Waals surface area contributed by atoms with E-state index in [1.54, 1.807) is 11.1 Å². The Morgan fingerprint density at radius 1 is 1.07 bits per heavy atom. The van der Waals surface area contributed by atoms with Gasteiger partial charge in [0.2, 0.25) is 0 Å². The summed E-state index contributed by atoms with van der Waals surface area (Å²) in [6, 6.07) is 16.4. The third-order valence-corrected chi connectivity index (χ3v) is 5.16. The Bertz CT molecular complexity index is 1020. The number of anilines is 1. The minimum Gasteiger partial charge on any atom is -0.460 e. The van der Waals surface area contributed by atoms with E-state index < -0.39 is 11.7 Å². The molecule has 2 aromatic carbocycles. The van der Waals surface area contributed by atoms with Crippen LogP contribution in [0.25, 0.3) is 0 Å². The van der Waals surface area contributed by atoms with Crippen LogP contribution in [0.5, 0.6) is 0 Å². The molecule has 0 saturated heterocycles. The molecule has 1 aliphatic heterocycles. The van der Waals surface area contributed by atoms with Gasteiger partial charge in [0.25, 0.3) is 0 Å². The second kappa shape index (κ2) is 7.13. The topological polar surface area (TPSA) is 28.7 Å². The third kappa shape index (κ3) is 3.71. The maximum Gasteiger partial charge on any atom is 0.416 e. The Kier molecular flexibility index (Phi) is 4.79. The molecule has 7 heteroatoms.